The van der Waals surface area contributed by atoms with Gasteiger partial charge in [-0.1, -0.05) is 12.1 Å². The Kier molecular flexibility index (Phi) is 5.77. The lowest BCUT2D eigenvalue weighted by atomic mass is 10.1. The Bertz CT molecular complexity index is 1380. The van der Waals surface area contributed by atoms with Gasteiger partial charge in [-0.15, -0.1) is 11.3 Å². The van der Waals surface area contributed by atoms with Crippen LogP contribution in [0.5, 0.6) is 11.5 Å². The van der Waals surface area contributed by atoms with Gasteiger partial charge in [-0.25, -0.2) is 4.98 Å². The summed E-state index contributed by atoms with van der Waals surface area (Å²) in [5.41, 5.74) is 3.70. The lowest BCUT2D eigenvalue weighted by Gasteiger charge is -2.09. The van der Waals surface area contributed by atoms with Crippen LogP contribution in [0.2, 0.25) is 0 Å². The molecule has 0 aliphatic carbocycles. The van der Waals surface area contributed by atoms with E-state index in [0.717, 1.165) is 33.2 Å². The number of carbonyl (C=O) groups is 2. The Morgan fingerprint density at radius 3 is 2.68 bits per heavy atom. The number of furan rings is 1. The Hall–Kier alpha value is -4.11. The van der Waals surface area contributed by atoms with Crippen molar-refractivity contribution in [2.24, 2.45) is 0 Å². The predicted octanol–water partition coefficient (Wildman–Crippen LogP) is 5.18. The summed E-state index contributed by atoms with van der Waals surface area (Å²) in [4.78, 5) is 30.8. The monoisotopic (exact) mass is 475 g/mol. The number of ether oxygens (including phenoxy) is 2. The van der Waals surface area contributed by atoms with E-state index in [1.54, 1.807) is 30.3 Å². The fraction of sp³-hybridized carbons (Fsp3) is 0.160. The fourth-order valence-electron chi connectivity index (χ4n) is 3.54. The van der Waals surface area contributed by atoms with Crippen LogP contribution in [-0.2, 0) is 6.42 Å². The molecule has 0 saturated heterocycles. The molecule has 9 heteroatoms. The van der Waals surface area contributed by atoms with E-state index in [1.807, 2.05) is 32.0 Å². The molecule has 2 aromatic carbocycles. The van der Waals surface area contributed by atoms with Crippen LogP contribution in [0.4, 0.5) is 10.8 Å². The van der Waals surface area contributed by atoms with Crippen LogP contribution in [0.1, 0.15) is 42.6 Å². The molecule has 0 atom stereocenters. The lowest BCUT2D eigenvalue weighted by molar-refractivity contribution is 0.0993. The number of nitrogens with zero attached hydrogens (tertiary/aromatic N) is 1. The van der Waals surface area contributed by atoms with Crippen molar-refractivity contribution in [3.63, 3.8) is 0 Å². The molecular formula is C25H21N3O5S. The molecule has 0 unspecified atom stereocenters. The maximum Gasteiger partial charge on any atom is 0.291 e. The third-order valence-electron chi connectivity index (χ3n) is 5.41. The van der Waals surface area contributed by atoms with E-state index in [0.29, 0.717) is 22.8 Å². The first-order valence-corrected chi connectivity index (χ1v) is 11.4. The third-order valence-corrected chi connectivity index (χ3v) is 6.48. The first-order valence-electron chi connectivity index (χ1n) is 10.6. The predicted molar refractivity (Wildman–Crippen MR) is 128 cm³/mol. The molecule has 34 heavy (non-hydrogen) atoms. The summed E-state index contributed by atoms with van der Waals surface area (Å²) >= 11 is 1.43. The molecular weight excluding hydrogens is 454 g/mol. The quantitative estimate of drug-likeness (QED) is 0.399. The van der Waals surface area contributed by atoms with Crippen molar-refractivity contribution >= 4 is 34.0 Å². The first kappa shape index (κ1) is 21.7. The van der Waals surface area contributed by atoms with Crippen LogP contribution >= 0.6 is 11.3 Å². The van der Waals surface area contributed by atoms with Crippen LogP contribution in [-0.4, -0.2) is 23.6 Å². The zero-order valence-corrected chi connectivity index (χ0v) is 19.3. The van der Waals surface area contributed by atoms with E-state index in [2.05, 4.69) is 15.6 Å². The maximum atomic E-state index is 12.9. The van der Waals surface area contributed by atoms with E-state index in [-0.39, 0.29) is 24.4 Å². The van der Waals surface area contributed by atoms with E-state index >= 15 is 0 Å². The number of benzene rings is 2. The minimum atomic E-state index is -0.380. The van der Waals surface area contributed by atoms with E-state index < -0.39 is 0 Å². The molecule has 1 aliphatic heterocycles. The van der Waals surface area contributed by atoms with Gasteiger partial charge in [0.1, 0.15) is 0 Å². The number of nitrogens with one attached hydrogen (secondary N) is 2. The molecule has 1 aliphatic rings. The van der Waals surface area contributed by atoms with Gasteiger partial charge in [0.05, 0.1) is 12.0 Å². The summed E-state index contributed by atoms with van der Waals surface area (Å²) in [6.45, 7) is 4.01. The highest BCUT2D eigenvalue weighted by Gasteiger charge is 2.17. The maximum absolute atomic E-state index is 12.9. The van der Waals surface area contributed by atoms with Crippen LogP contribution in [0.15, 0.2) is 59.2 Å². The van der Waals surface area contributed by atoms with Gasteiger partial charge in [0.25, 0.3) is 11.8 Å². The summed E-state index contributed by atoms with van der Waals surface area (Å²) in [6, 6.07) is 14.2. The van der Waals surface area contributed by atoms with Gasteiger partial charge in [0.15, 0.2) is 22.4 Å². The van der Waals surface area contributed by atoms with Gasteiger partial charge in [0.2, 0.25) is 6.79 Å². The topological polar surface area (TPSA) is 103 Å². The third kappa shape index (κ3) is 4.51. The standard InChI is InChI=1S/C25H21N3O5S/c1-14-5-7-17(12-18(14)27-24(30)20-4-3-9-31-20)23(29)28-25-26-15(2)22(34-25)11-16-6-8-19-21(10-16)33-13-32-19/h3-10,12H,11,13H2,1-2H3,(H,27,30)(H,26,28,29). The number of aryl methyl sites for hydroxylation is 2. The van der Waals surface area contributed by atoms with Gasteiger partial charge in [-0.3, -0.25) is 14.9 Å². The summed E-state index contributed by atoms with van der Waals surface area (Å²) in [5, 5.41) is 6.17. The Morgan fingerprint density at radius 2 is 1.85 bits per heavy atom. The first-order chi connectivity index (χ1) is 16.5. The number of hydrogen-bond acceptors (Lipinski definition) is 7. The average Bonchev–Trinajstić information content (AvgIpc) is 3.57. The molecule has 8 nitrogen and oxygen atoms in total. The minimum absolute atomic E-state index is 0.197. The molecule has 3 heterocycles. The van der Waals surface area contributed by atoms with Crippen molar-refractivity contribution < 1.29 is 23.5 Å². The normalized spacial score (nSPS) is 11.9. The Morgan fingerprint density at radius 1 is 1.00 bits per heavy atom. The molecule has 0 radical (unpaired) electrons. The minimum Gasteiger partial charge on any atom is -0.459 e. The summed E-state index contributed by atoms with van der Waals surface area (Å²) < 4.78 is 16.0. The van der Waals surface area contributed by atoms with Crippen LogP contribution in [0.3, 0.4) is 0 Å². The number of carbonyl (C=O) groups excluding carboxylic acids is 2. The Labute approximate surface area is 199 Å². The zero-order valence-electron chi connectivity index (χ0n) is 18.5. The highest BCUT2D eigenvalue weighted by Crippen LogP contribution is 2.34. The zero-order chi connectivity index (χ0) is 23.7. The van der Waals surface area contributed by atoms with Gasteiger partial charge < -0.3 is 19.2 Å². The number of hydrogen-bond donors (Lipinski definition) is 2. The molecule has 172 valence electrons. The smallest absolute Gasteiger partial charge is 0.291 e. The van der Waals surface area contributed by atoms with Crippen LogP contribution in [0, 0.1) is 13.8 Å². The molecule has 2 N–H and O–H groups in total. The number of thiazole rings is 1. The molecule has 0 spiro atoms. The molecule has 2 amide bonds. The van der Waals surface area contributed by atoms with Crippen molar-refractivity contribution in [2.45, 2.75) is 20.3 Å². The molecule has 0 saturated carbocycles. The number of anilines is 2. The SMILES string of the molecule is Cc1ccc(C(=O)Nc2nc(C)c(Cc3ccc4c(c3)OCO4)s2)cc1NC(=O)c1ccco1. The number of fused-ring (bicyclic) bond motifs is 1. The van der Waals surface area contributed by atoms with Crippen molar-refractivity contribution in [3.8, 4) is 11.5 Å². The fourth-order valence-corrected chi connectivity index (χ4v) is 4.53. The van der Waals surface area contributed by atoms with Crippen molar-refractivity contribution in [3.05, 3.63) is 87.8 Å². The highest BCUT2D eigenvalue weighted by atomic mass is 32.1. The van der Waals surface area contributed by atoms with E-state index in [4.69, 9.17) is 13.9 Å². The second kappa shape index (κ2) is 9.03. The molecule has 5 rings (SSSR count). The average molecular weight is 476 g/mol. The highest BCUT2D eigenvalue weighted by molar-refractivity contribution is 7.15. The van der Waals surface area contributed by atoms with Gasteiger partial charge in [0, 0.05) is 22.5 Å². The van der Waals surface area contributed by atoms with Crippen LogP contribution in [0.25, 0.3) is 0 Å². The van der Waals surface area contributed by atoms with Gasteiger partial charge in [-0.2, -0.15) is 0 Å². The second-order valence-corrected chi connectivity index (χ2v) is 8.89. The van der Waals surface area contributed by atoms with E-state index in [9.17, 15) is 9.59 Å². The summed E-state index contributed by atoms with van der Waals surface area (Å²) in [6.07, 6.45) is 2.10. The summed E-state index contributed by atoms with van der Waals surface area (Å²) in [7, 11) is 0. The molecule has 4 aromatic rings. The Balaban J connectivity index is 1.28. The lowest BCUT2D eigenvalue weighted by Crippen LogP contribution is -2.15. The number of rotatable bonds is 6. The number of aromatic nitrogens is 1. The largest absolute Gasteiger partial charge is 0.459 e. The van der Waals surface area contributed by atoms with Crippen molar-refractivity contribution in [1.29, 1.82) is 0 Å². The molecule has 2 aromatic heterocycles. The molecule has 0 bridgehead atoms. The second-order valence-electron chi connectivity index (χ2n) is 7.81. The summed E-state index contributed by atoms with van der Waals surface area (Å²) in [5.74, 6) is 0.992. The van der Waals surface area contributed by atoms with Gasteiger partial charge in [-0.05, 0) is 61.4 Å². The van der Waals surface area contributed by atoms with Crippen LogP contribution < -0.4 is 20.1 Å². The van der Waals surface area contributed by atoms with Crippen molar-refractivity contribution in [2.75, 3.05) is 17.4 Å². The molecule has 0 fully saturated rings. The van der Waals surface area contributed by atoms with E-state index in [1.165, 1.54) is 17.6 Å². The number of amides is 2. The van der Waals surface area contributed by atoms with Gasteiger partial charge >= 0.3 is 0 Å². The van der Waals surface area contributed by atoms with Crippen molar-refractivity contribution in [1.82, 2.24) is 4.98 Å².